The van der Waals surface area contributed by atoms with Crippen molar-refractivity contribution >= 4 is 16.6 Å². The lowest BCUT2D eigenvalue weighted by molar-refractivity contribution is 0.0883. The lowest BCUT2D eigenvalue weighted by atomic mass is 9.84. The molecule has 2 nitrogen and oxygen atoms in total. The number of carbonyl (C=O) groups excluding carboxylic acids is 1. The molecular formula is C15H13F5O2S. The summed E-state index contributed by atoms with van der Waals surface area (Å²) in [4.78, 5) is 12.4. The number of fused-ring (bicyclic) bond motifs is 2. The molecule has 0 radical (unpaired) electrons. The molecule has 0 aliphatic carbocycles. The number of carbonyl (C=O) groups is 1. The zero-order chi connectivity index (χ0) is 16.9. The van der Waals surface area contributed by atoms with Crippen molar-refractivity contribution in [2.24, 2.45) is 5.92 Å². The Hall–Kier alpha value is -1.31. The van der Waals surface area contributed by atoms with Crippen LogP contribution >= 0.6 is 0 Å². The van der Waals surface area contributed by atoms with Crippen molar-refractivity contribution in [1.82, 2.24) is 0 Å². The lowest BCUT2D eigenvalue weighted by Crippen LogP contribution is -2.42. The molecule has 23 heavy (non-hydrogen) atoms. The molecule has 0 amide bonds. The highest BCUT2D eigenvalue weighted by molar-refractivity contribution is 7.86. The van der Waals surface area contributed by atoms with E-state index in [1.807, 2.05) is 0 Å². The zero-order valence-electron chi connectivity index (χ0n) is 11.9. The minimum Gasteiger partial charge on any atom is -0.294 e. The summed E-state index contributed by atoms with van der Waals surface area (Å²) < 4.78 is 79.2. The quantitative estimate of drug-likeness (QED) is 0.352. The molecule has 0 saturated carbocycles. The standard InChI is InChI=1S/C15H13F5O2S/c16-10-9(11(17)13(19)14(20)12(10)18)15(21)6-4-7-2-1-3-8(5-6)23(7)22/h6-8H,1-5H2. The molecule has 2 saturated heterocycles. The van der Waals surface area contributed by atoms with Crippen LogP contribution in [-0.4, -0.2) is 20.5 Å². The predicted octanol–water partition coefficient (Wildman–Crippen LogP) is 3.64. The summed E-state index contributed by atoms with van der Waals surface area (Å²) in [5.41, 5.74) is -1.38. The molecule has 0 N–H and O–H groups in total. The molecule has 2 heterocycles. The number of rotatable bonds is 2. The van der Waals surface area contributed by atoms with Gasteiger partial charge < -0.3 is 0 Å². The Balaban J connectivity index is 1.97. The number of Topliss-reactive ketones (excluding diaryl/α,β-unsaturated/α-hetero) is 1. The Morgan fingerprint density at radius 2 is 1.26 bits per heavy atom. The summed E-state index contributed by atoms with van der Waals surface area (Å²) in [5, 5.41) is -0.504. The smallest absolute Gasteiger partial charge is 0.200 e. The molecule has 8 heteroatoms. The maximum atomic E-state index is 13.8. The minimum atomic E-state index is -2.28. The molecule has 2 aliphatic heterocycles. The van der Waals surface area contributed by atoms with Gasteiger partial charge in [-0.05, 0) is 25.7 Å². The van der Waals surface area contributed by atoms with Gasteiger partial charge in [0.15, 0.2) is 29.1 Å². The highest BCUT2D eigenvalue weighted by Gasteiger charge is 2.42. The SMILES string of the molecule is O=C(c1c(F)c(F)c(F)c(F)c1F)C1CC2CCCC(C1)S2=O. The maximum absolute atomic E-state index is 13.8. The molecule has 2 atom stereocenters. The van der Waals surface area contributed by atoms with Crippen LogP contribution in [0.2, 0.25) is 0 Å². The van der Waals surface area contributed by atoms with Crippen molar-refractivity contribution in [2.45, 2.75) is 42.6 Å². The molecule has 1 aromatic carbocycles. The third-order valence-corrected chi connectivity index (χ3v) is 6.80. The Morgan fingerprint density at radius 3 is 1.74 bits per heavy atom. The van der Waals surface area contributed by atoms with Crippen molar-refractivity contribution in [3.63, 3.8) is 0 Å². The second kappa shape index (κ2) is 5.96. The van der Waals surface area contributed by atoms with Gasteiger partial charge in [-0.2, -0.15) is 0 Å². The van der Waals surface area contributed by atoms with Gasteiger partial charge in [0, 0.05) is 27.2 Å². The van der Waals surface area contributed by atoms with E-state index < -0.39 is 57.2 Å². The molecule has 0 aromatic heterocycles. The molecule has 3 rings (SSSR count). The fourth-order valence-electron chi connectivity index (χ4n) is 3.47. The largest absolute Gasteiger partial charge is 0.294 e. The molecule has 126 valence electrons. The summed E-state index contributed by atoms with van der Waals surface area (Å²) in [7, 11) is -1.10. The van der Waals surface area contributed by atoms with E-state index in [0.29, 0.717) is 12.8 Å². The highest BCUT2D eigenvalue weighted by Crippen LogP contribution is 2.39. The molecule has 2 bridgehead atoms. The molecule has 2 fully saturated rings. The van der Waals surface area contributed by atoms with Crippen LogP contribution < -0.4 is 0 Å². The molecule has 1 aromatic rings. The van der Waals surface area contributed by atoms with Crippen LogP contribution in [0.3, 0.4) is 0 Å². The first-order valence-electron chi connectivity index (χ1n) is 7.28. The average Bonchev–Trinajstić information content (AvgIpc) is 2.51. The van der Waals surface area contributed by atoms with Gasteiger partial charge in [-0.1, -0.05) is 6.42 Å². The maximum Gasteiger partial charge on any atom is 0.200 e. The van der Waals surface area contributed by atoms with E-state index in [1.54, 1.807) is 0 Å². The monoisotopic (exact) mass is 352 g/mol. The van der Waals surface area contributed by atoms with Crippen LogP contribution in [0.5, 0.6) is 0 Å². The number of halogens is 5. The first-order valence-corrected chi connectivity index (χ1v) is 8.55. The van der Waals surface area contributed by atoms with Gasteiger partial charge in [0.2, 0.25) is 5.82 Å². The van der Waals surface area contributed by atoms with Gasteiger partial charge in [-0.3, -0.25) is 9.00 Å². The van der Waals surface area contributed by atoms with Crippen molar-refractivity contribution in [2.75, 3.05) is 0 Å². The van der Waals surface area contributed by atoms with E-state index in [9.17, 15) is 31.0 Å². The van der Waals surface area contributed by atoms with Crippen LogP contribution in [0.1, 0.15) is 42.5 Å². The second-order valence-electron chi connectivity index (χ2n) is 5.98. The highest BCUT2D eigenvalue weighted by atomic mass is 32.2. The first kappa shape index (κ1) is 16.5. The Labute approximate surface area is 131 Å². The van der Waals surface area contributed by atoms with E-state index in [-0.39, 0.29) is 23.3 Å². The predicted molar refractivity (Wildman–Crippen MR) is 72.9 cm³/mol. The van der Waals surface area contributed by atoms with Crippen molar-refractivity contribution in [3.05, 3.63) is 34.6 Å². The van der Waals surface area contributed by atoms with Crippen LogP contribution in [-0.2, 0) is 10.8 Å². The van der Waals surface area contributed by atoms with E-state index in [0.717, 1.165) is 6.42 Å². The third-order valence-electron chi connectivity index (χ3n) is 4.63. The van der Waals surface area contributed by atoms with Gasteiger partial charge in [-0.15, -0.1) is 0 Å². The van der Waals surface area contributed by atoms with Gasteiger partial charge >= 0.3 is 0 Å². The normalized spacial score (nSPS) is 30.3. The Bertz CT molecular complexity index is 661. The van der Waals surface area contributed by atoms with Gasteiger partial charge in [0.25, 0.3) is 0 Å². The summed E-state index contributed by atoms with van der Waals surface area (Å²) in [6.45, 7) is 0. The van der Waals surface area contributed by atoms with Gasteiger partial charge in [0.1, 0.15) is 0 Å². The molecule has 2 unspecified atom stereocenters. The van der Waals surface area contributed by atoms with Crippen LogP contribution in [0, 0.1) is 35.0 Å². The van der Waals surface area contributed by atoms with Crippen LogP contribution in [0.25, 0.3) is 0 Å². The average molecular weight is 352 g/mol. The van der Waals surface area contributed by atoms with E-state index in [4.69, 9.17) is 0 Å². The first-order chi connectivity index (χ1) is 10.8. The van der Waals surface area contributed by atoms with Gasteiger partial charge in [-0.25, -0.2) is 22.0 Å². The molecular weight excluding hydrogens is 339 g/mol. The summed E-state index contributed by atoms with van der Waals surface area (Å²) in [5.74, 6) is -12.7. The minimum absolute atomic E-state index is 0.154. The van der Waals surface area contributed by atoms with Gasteiger partial charge in [0.05, 0.1) is 5.56 Å². The van der Waals surface area contributed by atoms with Crippen molar-refractivity contribution in [1.29, 1.82) is 0 Å². The Kier molecular flexibility index (Phi) is 4.29. The third kappa shape index (κ3) is 2.60. The number of hydrogen-bond donors (Lipinski definition) is 0. The van der Waals surface area contributed by atoms with E-state index in [1.165, 1.54) is 0 Å². The zero-order valence-corrected chi connectivity index (χ0v) is 12.7. The number of ketones is 1. The van der Waals surface area contributed by atoms with Crippen molar-refractivity contribution in [3.8, 4) is 0 Å². The van der Waals surface area contributed by atoms with Crippen LogP contribution in [0.4, 0.5) is 22.0 Å². The topological polar surface area (TPSA) is 34.1 Å². The second-order valence-corrected chi connectivity index (χ2v) is 7.97. The number of benzene rings is 1. The van der Waals surface area contributed by atoms with Crippen LogP contribution in [0.15, 0.2) is 0 Å². The van der Waals surface area contributed by atoms with E-state index in [2.05, 4.69) is 0 Å². The summed E-state index contributed by atoms with van der Waals surface area (Å²) >= 11 is 0. The fraction of sp³-hybridized carbons (Fsp3) is 0.533. The fourth-order valence-corrected chi connectivity index (χ4v) is 5.66. The van der Waals surface area contributed by atoms with Crippen molar-refractivity contribution < 1.29 is 31.0 Å². The van der Waals surface area contributed by atoms with E-state index >= 15 is 0 Å². The lowest BCUT2D eigenvalue weighted by Gasteiger charge is -2.37. The number of hydrogen-bond acceptors (Lipinski definition) is 2. The molecule has 0 spiro atoms. The summed E-state index contributed by atoms with van der Waals surface area (Å²) in [6, 6.07) is 0. The molecule has 2 aliphatic rings. The Morgan fingerprint density at radius 1 is 0.826 bits per heavy atom. The summed E-state index contributed by atoms with van der Waals surface area (Å²) in [6.07, 6.45) is 2.46.